The molecule has 0 unspecified atom stereocenters. The van der Waals surface area contributed by atoms with E-state index in [2.05, 4.69) is 0 Å². The molecule has 0 atom stereocenters. The molecular formula is CH7NaO4S. The summed E-state index contributed by atoms with van der Waals surface area (Å²) >= 11 is 0. The van der Waals surface area contributed by atoms with Crippen LogP contribution in [0.3, 0.4) is 0 Å². The standard InChI is InChI=1S/CH4.Na.H2O4S.H/c;;1-5(2,3)4;/h1H4;;(H2,1,2,3,4);. The van der Waals surface area contributed by atoms with Gasteiger partial charge in [0.1, 0.15) is 0 Å². The van der Waals surface area contributed by atoms with E-state index >= 15 is 0 Å². The van der Waals surface area contributed by atoms with Crippen LogP contribution in [0.2, 0.25) is 0 Å². The van der Waals surface area contributed by atoms with E-state index in [4.69, 9.17) is 17.5 Å². The molecule has 0 saturated carbocycles. The Morgan fingerprint density at radius 3 is 1.14 bits per heavy atom. The first-order valence-electron chi connectivity index (χ1n) is 0.698. The molecule has 0 rings (SSSR count). The van der Waals surface area contributed by atoms with Crippen molar-refractivity contribution in [2.45, 2.75) is 7.43 Å². The zero-order valence-electron chi connectivity index (χ0n) is 2.12. The van der Waals surface area contributed by atoms with Gasteiger partial charge in [-0.25, -0.2) is 0 Å². The van der Waals surface area contributed by atoms with Gasteiger partial charge in [-0.3, -0.25) is 9.11 Å². The van der Waals surface area contributed by atoms with Gasteiger partial charge < -0.3 is 0 Å². The van der Waals surface area contributed by atoms with E-state index in [1.165, 1.54) is 0 Å². The van der Waals surface area contributed by atoms with Crippen molar-refractivity contribution in [3.8, 4) is 0 Å². The first-order chi connectivity index (χ1) is 2.00. The van der Waals surface area contributed by atoms with Crippen molar-refractivity contribution in [3.05, 3.63) is 0 Å². The van der Waals surface area contributed by atoms with Crippen molar-refractivity contribution in [2.75, 3.05) is 0 Å². The molecule has 0 bridgehead atoms. The summed E-state index contributed by atoms with van der Waals surface area (Å²) in [5.41, 5.74) is 0. The van der Waals surface area contributed by atoms with Gasteiger partial charge in [-0.15, -0.1) is 0 Å². The molecule has 4 nitrogen and oxygen atoms in total. The molecule has 0 aliphatic rings. The first-order valence-corrected chi connectivity index (χ1v) is 2.10. The molecule has 0 spiro atoms. The Labute approximate surface area is 64.8 Å². The molecule has 0 radical (unpaired) electrons. The Balaban J connectivity index is -0.0000000800. The molecule has 6 heteroatoms. The molecule has 0 saturated heterocycles. The number of hydrogen-bond donors (Lipinski definition) is 2. The van der Waals surface area contributed by atoms with Crippen molar-refractivity contribution in [1.29, 1.82) is 0 Å². The van der Waals surface area contributed by atoms with Crippen LogP contribution in [0.1, 0.15) is 7.43 Å². The minimum atomic E-state index is -4.67. The summed E-state index contributed by atoms with van der Waals surface area (Å²) in [6.45, 7) is 0. The summed E-state index contributed by atoms with van der Waals surface area (Å²) in [7, 11) is -4.67. The molecule has 0 aliphatic heterocycles. The SMILES string of the molecule is C.O=S(=O)(O)O.[NaH]. The predicted octanol–water partition coefficient (Wildman–Crippen LogP) is -0.665. The summed E-state index contributed by atoms with van der Waals surface area (Å²) in [4.78, 5) is 0. The van der Waals surface area contributed by atoms with E-state index in [0.29, 0.717) is 0 Å². The van der Waals surface area contributed by atoms with Crippen molar-refractivity contribution in [1.82, 2.24) is 0 Å². The fourth-order valence-corrected chi connectivity index (χ4v) is 0. The molecule has 42 valence electrons. The van der Waals surface area contributed by atoms with E-state index in [9.17, 15) is 0 Å². The maximum atomic E-state index is 8.74. The summed E-state index contributed by atoms with van der Waals surface area (Å²) in [6, 6.07) is 0. The molecule has 0 heterocycles. The molecular weight excluding hydrogens is 131 g/mol. The van der Waals surface area contributed by atoms with Crippen LogP contribution >= 0.6 is 0 Å². The summed E-state index contributed by atoms with van der Waals surface area (Å²) in [6.07, 6.45) is 0. The van der Waals surface area contributed by atoms with Gasteiger partial charge in [0.05, 0.1) is 0 Å². The van der Waals surface area contributed by atoms with Crippen molar-refractivity contribution in [3.63, 3.8) is 0 Å². The van der Waals surface area contributed by atoms with Gasteiger partial charge in [0.2, 0.25) is 0 Å². The number of rotatable bonds is 0. The van der Waals surface area contributed by atoms with Gasteiger partial charge in [0.15, 0.2) is 0 Å². The summed E-state index contributed by atoms with van der Waals surface area (Å²) in [5.74, 6) is 0. The second-order valence-electron chi connectivity index (χ2n) is 0.448. The first kappa shape index (κ1) is 15.7. The zero-order valence-corrected chi connectivity index (χ0v) is 2.94. The monoisotopic (exact) mass is 138 g/mol. The minimum absolute atomic E-state index is 0. The average molecular weight is 138 g/mol. The van der Waals surface area contributed by atoms with Gasteiger partial charge >= 0.3 is 40.0 Å². The van der Waals surface area contributed by atoms with Gasteiger partial charge in [-0.1, -0.05) is 7.43 Å². The van der Waals surface area contributed by atoms with Crippen LogP contribution in [-0.2, 0) is 10.4 Å². The van der Waals surface area contributed by atoms with Gasteiger partial charge in [-0.05, 0) is 0 Å². The second kappa shape index (κ2) is 5.02. The van der Waals surface area contributed by atoms with Crippen LogP contribution in [-0.4, -0.2) is 47.1 Å². The number of hydrogen-bond acceptors (Lipinski definition) is 2. The van der Waals surface area contributed by atoms with E-state index in [0.717, 1.165) is 0 Å². The molecule has 2 N–H and O–H groups in total. The average Bonchev–Trinajstić information content (AvgIpc) is 0.722. The molecule has 0 fully saturated rings. The second-order valence-corrected chi connectivity index (χ2v) is 1.34. The van der Waals surface area contributed by atoms with Crippen LogP contribution in [0, 0.1) is 0 Å². The van der Waals surface area contributed by atoms with Crippen LogP contribution in [0.15, 0.2) is 0 Å². The fourth-order valence-electron chi connectivity index (χ4n) is 0. The van der Waals surface area contributed by atoms with Gasteiger partial charge in [-0.2, -0.15) is 8.42 Å². The van der Waals surface area contributed by atoms with Crippen molar-refractivity contribution in [2.24, 2.45) is 0 Å². The molecule has 0 amide bonds. The zero-order chi connectivity index (χ0) is 4.50. The Bertz CT molecular complexity index is 94.9. The molecule has 0 aromatic carbocycles. The third-order valence-corrected chi connectivity index (χ3v) is 0. The summed E-state index contributed by atoms with van der Waals surface area (Å²) < 4.78 is 31.6. The fraction of sp³-hybridized carbons (Fsp3) is 1.00. The Morgan fingerprint density at radius 2 is 1.14 bits per heavy atom. The molecule has 0 aromatic rings. The summed E-state index contributed by atoms with van der Waals surface area (Å²) in [5, 5.41) is 0. The van der Waals surface area contributed by atoms with Gasteiger partial charge in [0.25, 0.3) is 0 Å². The van der Waals surface area contributed by atoms with Crippen LogP contribution < -0.4 is 0 Å². The molecule has 0 aliphatic carbocycles. The van der Waals surface area contributed by atoms with Gasteiger partial charge in [0, 0.05) is 0 Å². The Hall–Kier alpha value is 0.870. The maximum absolute atomic E-state index is 8.74. The van der Waals surface area contributed by atoms with Crippen LogP contribution in [0.25, 0.3) is 0 Å². The Morgan fingerprint density at radius 1 is 1.14 bits per heavy atom. The van der Waals surface area contributed by atoms with Crippen molar-refractivity contribution >= 4 is 40.0 Å². The van der Waals surface area contributed by atoms with E-state index in [-0.39, 0.29) is 37.0 Å². The normalized spacial score (nSPS) is 8.29. The van der Waals surface area contributed by atoms with Crippen molar-refractivity contribution < 1.29 is 17.5 Å². The molecule has 0 aromatic heterocycles. The predicted molar refractivity (Wildman–Crippen MR) is 28.1 cm³/mol. The van der Waals surface area contributed by atoms with Crippen LogP contribution in [0.5, 0.6) is 0 Å². The molecule has 7 heavy (non-hydrogen) atoms. The third-order valence-electron chi connectivity index (χ3n) is 0. The Kier molecular flexibility index (Phi) is 11.2. The third kappa shape index (κ3) is 215. The van der Waals surface area contributed by atoms with E-state index in [1.54, 1.807) is 0 Å². The van der Waals surface area contributed by atoms with E-state index in [1.807, 2.05) is 0 Å². The van der Waals surface area contributed by atoms with E-state index < -0.39 is 10.4 Å². The topological polar surface area (TPSA) is 74.6 Å². The van der Waals surface area contributed by atoms with Crippen LogP contribution in [0.4, 0.5) is 0 Å². The quantitative estimate of drug-likeness (QED) is 0.344.